The smallest absolute Gasteiger partial charge is 0.259 e. The lowest BCUT2D eigenvalue weighted by Gasteiger charge is -2.23. The number of fused-ring (bicyclic) bond motifs is 3. The van der Waals surface area contributed by atoms with Crippen LogP contribution >= 0.6 is 23.1 Å². The number of nitrogens with zero attached hydrogens (tertiary/aromatic N) is 4. The molecule has 1 aromatic carbocycles. The molecule has 1 N–H and O–H groups in total. The average molecular weight is 494 g/mol. The highest BCUT2D eigenvalue weighted by molar-refractivity contribution is 7.98. The molecule has 7 nitrogen and oxygen atoms in total. The van der Waals surface area contributed by atoms with Gasteiger partial charge in [-0.2, -0.15) is 17.0 Å². The first-order valence-electron chi connectivity index (χ1n) is 11.8. The zero-order valence-corrected chi connectivity index (χ0v) is 20.6. The van der Waals surface area contributed by atoms with Gasteiger partial charge in [-0.15, -0.1) is 11.3 Å². The molecule has 176 valence electrons. The summed E-state index contributed by atoms with van der Waals surface area (Å²) in [5, 5.41) is 9.77. The SMILES string of the molecule is N#Cc1ccc(N2CCCN(C(=O)CCSCc3nc4sc5c(c4c(=O)[nH]3)CCC5)CC2)cc1. The largest absolute Gasteiger partial charge is 0.370 e. The maximum absolute atomic E-state index is 12.8. The topological polar surface area (TPSA) is 93.1 Å². The Morgan fingerprint density at radius 3 is 2.82 bits per heavy atom. The van der Waals surface area contributed by atoms with Gasteiger partial charge in [-0.05, 0) is 55.5 Å². The molecular weight excluding hydrogens is 466 g/mol. The van der Waals surface area contributed by atoms with Crippen molar-refractivity contribution in [2.24, 2.45) is 0 Å². The quantitative estimate of drug-likeness (QED) is 0.526. The van der Waals surface area contributed by atoms with Crippen LogP contribution in [0, 0.1) is 11.3 Å². The molecule has 9 heteroatoms. The third-order valence-corrected chi connectivity index (χ3v) is 8.69. The van der Waals surface area contributed by atoms with Crippen molar-refractivity contribution >= 4 is 44.9 Å². The van der Waals surface area contributed by atoms with Crippen LogP contribution < -0.4 is 10.5 Å². The van der Waals surface area contributed by atoms with Gasteiger partial charge in [-0.25, -0.2) is 4.98 Å². The first-order valence-corrected chi connectivity index (χ1v) is 13.7. The number of carbonyl (C=O) groups excluding carboxylic acids is 1. The lowest BCUT2D eigenvalue weighted by molar-refractivity contribution is -0.130. The second-order valence-electron chi connectivity index (χ2n) is 8.73. The zero-order chi connectivity index (χ0) is 23.5. The normalized spacial score (nSPS) is 15.9. The van der Waals surface area contributed by atoms with E-state index in [1.807, 2.05) is 29.2 Å². The zero-order valence-electron chi connectivity index (χ0n) is 19.0. The van der Waals surface area contributed by atoms with Crippen LogP contribution in [0.15, 0.2) is 29.1 Å². The van der Waals surface area contributed by atoms with Gasteiger partial charge in [0.15, 0.2) is 0 Å². The maximum atomic E-state index is 12.8. The molecule has 34 heavy (non-hydrogen) atoms. The van der Waals surface area contributed by atoms with Crippen molar-refractivity contribution in [3.8, 4) is 6.07 Å². The molecule has 0 bridgehead atoms. The predicted molar refractivity (Wildman–Crippen MR) is 138 cm³/mol. The third kappa shape index (κ3) is 4.84. The summed E-state index contributed by atoms with van der Waals surface area (Å²) >= 11 is 3.30. The molecular formula is C25H27N5O2S2. The Balaban J connectivity index is 1.10. The van der Waals surface area contributed by atoms with Crippen LogP contribution in [0.4, 0.5) is 5.69 Å². The monoisotopic (exact) mass is 493 g/mol. The summed E-state index contributed by atoms with van der Waals surface area (Å²) < 4.78 is 0. The van der Waals surface area contributed by atoms with Crippen LogP contribution in [0.25, 0.3) is 10.2 Å². The number of H-pyrrole nitrogens is 1. The number of amides is 1. The summed E-state index contributed by atoms with van der Waals surface area (Å²) in [4.78, 5) is 39.4. The Morgan fingerprint density at radius 2 is 2.00 bits per heavy atom. The summed E-state index contributed by atoms with van der Waals surface area (Å²) in [7, 11) is 0. The number of anilines is 1. The Morgan fingerprint density at radius 1 is 1.15 bits per heavy atom. The van der Waals surface area contributed by atoms with Crippen molar-refractivity contribution in [1.82, 2.24) is 14.9 Å². The summed E-state index contributed by atoms with van der Waals surface area (Å²) in [6.07, 6.45) is 4.59. The van der Waals surface area contributed by atoms with Gasteiger partial charge in [-0.3, -0.25) is 9.59 Å². The van der Waals surface area contributed by atoms with E-state index in [1.54, 1.807) is 23.1 Å². The minimum absolute atomic E-state index is 0.0209. The number of thioether (sulfide) groups is 1. The summed E-state index contributed by atoms with van der Waals surface area (Å²) in [5.41, 5.74) is 2.94. The van der Waals surface area contributed by atoms with Gasteiger partial charge >= 0.3 is 0 Å². The van der Waals surface area contributed by atoms with Crippen molar-refractivity contribution < 1.29 is 4.79 Å². The van der Waals surface area contributed by atoms with E-state index in [0.717, 1.165) is 61.2 Å². The van der Waals surface area contributed by atoms with Gasteiger partial charge in [0.25, 0.3) is 5.56 Å². The minimum Gasteiger partial charge on any atom is -0.370 e. The number of nitriles is 1. The van der Waals surface area contributed by atoms with Gasteiger partial charge in [0, 0.05) is 48.9 Å². The first kappa shape index (κ1) is 22.9. The highest BCUT2D eigenvalue weighted by atomic mass is 32.2. The van der Waals surface area contributed by atoms with Gasteiger partial charge < -0.3 is 14.8 Å². The molecule has 1 fully saturated rings. The number of aromatic amines is 1. The average Bonchev–Trinajstić information content (AvgIpc) is 3.34. The van der Waals surface area contributed by atoms with Gasteiger partial charge in [0.2, 0.25) is 5.91 Å². The van der Waals surface area contributed by atoms with Crippen LogP contribution in [-0.4, -0.2) is 52.7 Å². The van der Waals surface area contributed by atoms with E-state index in [1.165, 1.54) is 10.4 Å². The molecule has 0 saturated carbocycles. The Hall–Kier alpha value is -2.83. The fraction of sp³-hybridized carbons (Fsp3) is 0.440. The van der Waals surface area contributed by atoms with E-state index in [2.05, 4.69) is 20.9 Å². The van der Waals surface area contributed by atoms with Crippen LogP contribution in [0.5, 0.6) is 0 Å². The maximum Gasteiger partial charge on any atom is 0.259 e. The molecule has 0 atom stereocenters. The van der Waals surface area contributed by atoms with E-state index < -0.39 is 0 Å². The lowest BCUT2D eigenvalue weighted by Crippen LogP contribution is -2.35. The van der Waals surface area contributed by atoms with E-state index >= 15 is 0 Å². The molecule has 2 aromatic heterocycles. The number of rotatable bonds is 6. The Bertz CT molecular complexity index is 1290. The van der Waals surface area contributed by atoms with Crippen molar-refractivity contribution in [2.45, 2.75) is 37.9 Å². The second kappa shape index (κ2) is 10.2. The number of hydrogen-bond donors (Lipinski definition) is 1. The van der Waals surface area contributed by atoms with Crippen molar-refractivity contribution in [3.05, 3.63) is 56.4 Å². The second-order valence-corrected chi connectivity index (χ2v) is 10.9. The van der Waals surface area contributed by atoms with E-state index in [-0.39, 0.29) is 11.5 Å². The predicted octanol–water partition coefficient (Wildman–Crippen LogP) is 3.71. The van der Waals surface area contributed by atoms with Crippen LogP contribution in [0.2, 0.25) is 0 Å². The molecule has 0 unspecified atom stereocenters. The summed E-state index contributed by atoms with van der Waals surface area (Å²) in [5.74, 6) is 2.19. The standard InChI is InChI=1S/C25H27N5O2S2/c26-15-17-5-7-18(8-6-17)29-10-2-11-30(13-12-29)22(31)9-14-33-16-21-27-24(32)23-19-3-1-4-20(19)34-25(23)28-21/h5-8H,1-4,9-14,16H2,(H,27,28,32). The number of carbonyl (C=O) groups is 1. The first-order chi connectivity index (χ1) is 16.6. The summed E-state index contributed by atoms with van der Waals surface area (Å²) in [6.45, 7) is 3.17. The molecule has 1 amide bonds. The van der Waals surface area contributed by atoms with Gasteiger partial charge in [0.1, 0.15) is 10.7 Å². The number of thiophene rings is 1. The molecule has 0 radical (unpaired) electrons. The molecule has 0 spiro atoms. The number of hydrogen-bond acceptors (Lipinski definition) is 7. The minimum atomic E-state index is -0.0209. The van der Waals surface area contributed by atoms with Crippen LogP contribution in [-0.2, 0) is 23.4 Å². The molecule has 2 aliphatic rings. The number of benzene rings is 1. The molecule has 5 rings (SSSR count). The fourth-order valence-electron chi connectivity index (χ4n) is 4.77. The lowest BCUT2D eigenvalue weighted by atomic mass is 10.2. The molecule has 3 heterocycles. The van der Waals surface area contributed by atoms with Crippen molar-refractivity contribution in [3.63, 3.8) is 0 Å². The highest BCUT2D eigenvalue weighted by Gasteiger charge is 2.22. The Labute approximate surface area is 206 Å². The van der Waals surface area contributed by atoms with E-state index in [9.17, 15) is 9.59 Å². The van der Waals surface area contributed by atoms with Crippen molar-refractivity contribution in [1.29, 1.82) is 5.26 Å². The highest BCUT2D eigenvalue weighted by Crippen LogP contribution is 2.34. The van der Waals surface area contributed by atoms with Gasteiger partial charge in [0.05, 0.1) is 22.8 Å². The fourth-order valence-corrected chi connectivity index (χ4v) is 6.85. The van der Waals surface area contributed by atoms with Gasteiger partial charge in [-0.1, -0.05) is 0 Å². The molecule has 1 aliphatic carbocycles. The molecule has 1 aliphatic heterocycles. The van der Waals surface area contributed by atoms with E-state index in [0.29, 0.717) is 35.9 Å². The molecule has 3 aromatic rings. The van der Waals surface area contributed by atoms with E-state index in [4.69, 9.17) is 5.26 Å². The number of nitrogens with one attached hydrogen (secondary N) is 1. The van der Waals surface area contributed by atoms with Crippen molar-refractivity contribution in [2.75, 3.05) is 36.8 Å². The Kier molecular flexibility index (Phi) is 6.88. The van der Waals surface area contributed by atoms with Crippen LogP contribution in [0.3, 0.4) is 0 Å². The number of aromatic nitrogens is 2. The van der Waals surface area contributed by atoms with Crippen LogP contribution in [0.1, 0.15) is 41.1 Å². The number of aryl methyl sites for hydroxylation is 2. The third-order valence-electron chi connectivity index (χ3n) is 6.53. The summed E-state index contributed by atoms with van der Waals surface area (Å²) in [6, 6.07) is 9.78. The molecule has 1 saturated heterocycles.